The Kier molecular flexibility index (Phi) is 4.10. The molecule has 0 radical (unpaired) electrons. The maximum atomic E-state index is 12.6. The summed E-state index contributed by atoms with van der Waals surface area (Å²) < 4.78 is 31.3. The van der Waals surface area contributed by atoms with Crippen molar-refractivity contribution in [2.75, 3.05) is 7.05 Å². The Morgan fingerprint density at radius 2 is 2.00 bits per heavy atom. The van der Waals surface area contributed by atoms with Crippen molar-refractivity contribution >= 4 is 15.7 Å². The smallest absolute Gasteiger partial charge is 0.289 e. The largest absolute Gasteiger partial charge is 0.468 e. The molecule has 7 nitrogen and oxygen atoms in total. The van der Waals surface area contributed by atoms with Crippen molar-refractivity contribution in [3.8, 4) is 0 Å². The lowest BCUT2D eigenvalue weighted by Crippen LogP contribution is -2.27. The number of sulfonamides is 1. The first-order valence-electron chi connectivity index (χ1n) is 6.06. The second-order valence-electron chi connectivity index (χ2n) is 4.52. The van der Waals surface area contributed by atoms with Crippen molar-refractivity contribution in [3.63, 3.8) is 0 Å². The third-order valence-corrected chi connectivity index (χ3v) is 5.01. The first-order valence-corrected chi connectivity index (χ1v) is 7.51. The van der Waals surface area contributed by atoms with Gasteiger partial charge in [-0.05, 0) is 24.6 Å². The molecule has 2 rings (SSSR count). The monoisotopic (exact) mass is 310 g/mol. The molecule has 0 spiro atoms. The van der Waals surface area contributed by atoms with Gasteiger partial charge in [0.15, 0.2) is 4.90 Å². The third-order valence-electron chi connectivity index (χ3n) is 3.01. The van der Waals surface area contributed by atoms with Crippen LogP contribution in [0.1, 0.15) is 11.3 Å². The number of nitrogens with zero attached hydrogens (tertiary/aromatic N) is 2. The fraction of sp³-hybridized carbons (Fsp3) is 0.231. The second-order valence-corrected chi connectivity index (χ2v) is 6.50. The molecule has 1 aromatic carbocycles. The van der Waals surface area contributed by atoms with E-state index < -0.39 is 20.6 Å². The summed E-state index contributed by atoms with van der Waals surface area (Å²) in [6.07, 6.45) is 1.44. The predicted octanol–water partition coefficient (Wildman–Crippen LogP) is 2.32. The Balaban J connectivity index is 2.46. The fourth-order valence-electron chi connectivity index (χ4n) is 1.98. The number of hydrogen-bond acceptors (Lipinski definition) is 5. The van der Waals surface area contributed by atoms with Crippen molar-refractivity contribution in [2.24, 2.45) is 0 Å². The Labute approximate surface area is 122 Å². The van der Waals surface area contributed by atoms with E-state index in [2.05, 4.69) is 0 Å². The minimum absolute atomic E-state index is 0.000815. The van der Waals surface area contributed by atoms with Crippen LogP contribution in [0.5, 0.6) is 0 Å². The lowest BCUT2D eigenvalue weighted by atomic mass is 10.2. The highest BCUT2D eigenvalue weighted by Gasteiger charge is 2.31. The van der Waals surface area contributed by atoms with Crippen LogP contribution in [0.25, 0.3) is 0 Å². The molecular formula is C13H14N2O5S. The van der Waals surface area contributed by atoms with Gasteiger partial charge in [-0.3, -0.25) is 10.1 Å². The van der Waals surface area contributed by atoms with E-state index in [4.69, 9.17) is 4.42 Å². The first-order chi connectivity index (χ1) is 9.84. The Morgan fingerprint density at radius 1 is 1.29 bits per heavy atom. The molecular weight excluding hydrogens is 296 g/mol. The molecule has 112 valence electrons. The molecule has 0 aliphatic rings. The molecule has 0 atom stereocenters. The summed E-state index contributed by atoms with van der Waals surface area (Å²) in [6, 6.07) is 7.45. The van der Waals surface area contributed by atoms with Gasteiger partial charge in [-0.25, -0.2) is 8.42 Å². The highest BCUT2D eigenvalue weighted by Crippen LogP contribution is 2.29. The van der Waals surface area contributed by atoms with Gasteiger partial charge in [0.05, 0.1) is 17.7 Å². The van der Waals surface area contributed by atoms with Gasteiger partial charge >= 0.3 is 0 Å². The van der Waals surface area contributed by atoms with Gasteiger partial charge in [0.25, 0.3) is 5.69 Å². The van der Waals surface area contributed by atoms with E-state index in [1.54, 1.807) is 12.1 Å². The third kappa shape index (κ3) is 2.96. The highest BCUT2D eigenvalue weighted by molar-refractivity contribution is 7.89. The van der Waals surface area contributed by atoms with E-state index in [9.17, 15) is 18.5 Å². The molecule has 0 bridgehead atoms. The molecule has 0 amide bonds. The van der Waals surface area contributed by atoms with Gasteiger partial charge in [-0.15, -0.1) is 0 Å². The number of nitro groups is 1. The minimum Gasteiger partial charge on any atom is -0.468 e. The van der Waals surface area contributed by atoms with Crippen LogP contribution in [0.3, 0.4) is 0 Å². The quantitative estimate of drug-likeness (QED) is 0.624. The van der Waals surface area contributed by atoms with Gasteiger partial charge in [0.2, 0.25) is 10.0 Å². The number of furan rings is 1. The number of aryl methyl sites for hydroxylation is 1. The summed E-state index contributed by atoms with van der Waals surface area (Å²) in [5, 5.41) is 11.1. The average molecular weight is 310 g/mol. The number of benzene rings is 1. The van der Waals surface area contributed by atoms with Gasteiger partial charge in [-0.2, -0.15) is 4.31 Å². The summed E-state index contributed by atoms with van der Waals surface area (Å²) in [7, 11) is -2.63. The standard InChI is InChI=1S/C13H14N2O5S/c1-10-5-3-7-12(15(16)17)13(10)21(18,19)14(2)9-11-6-4-8-20-11/h3-8H,9H2,1-2H3. The van der Waals surface area contributed by atoms with E-state index in [1.165, 1.54) is 38.4 Å². The van der Waals surface area contributed by atoms with Crippen LogP contribution < -0.4 is 0 Å². The van der Waals surface area contributed by atoms with Crippen LogP contribution in [-0.2, 0) is 16.6 Å². The van der Waals surface area contributed by atoms with E-state index >= 15 is 0 Å². The fourth-order valence-corrected chi connectivity index (χ4v) is 3.47. The zero-order chi connectivity index (χ0) is 15.6. The van der Waals surface area contributed by atoms with Crippen LogP contribution in [0.4, 0.5) is 5.69 Å². The molecule has 8 heteroatoms. The normalized spacial score (nSPS) is 11.8. The Morgan fingerprint density at radius 3 is 2.57 bits per heavy atom. The van der Waals surface area contributed by atoms with Gasteiger partial charge < -0.3 is 4.42 Å². The zero-order valence-corrected chi connectivity index (χ0v) is 12.3. The van der Waals surface area contributed by atoms with Crippen molar-refractivity contribution in [1.82, 2.24) is 4.31 Å². The summed E-state index contributed by atoms with van der Waals surface area (Å²) >= 11 is 0. The molecule has 2 aromatic rings. The molecule has 1 heterocycles. The van der Waals surface area contributed by atoms with Crippen molar-refractivity contribution in [1.29, 1.82) is 0 Å². The van der Waals surface area contributed by atoms with Crippen LogP contribution in [-0.4, -0.2) is 24.7 Å². The summed E-state index contributed by atoms with van der Waals surface area (Å²) in [5.41, 5.74) is -0.100. The minimum atomic E-state index is -3.99. The molecule has 0 aliphatic carbocycles. The molecule has 0 N–H and O–H groups in total. The summed E-state index contributed by atoms with van der Waals surface area (Å²) in [5.74, 6) is 0.456. The Bertz CT molecular complexity index is 753. The van der Waals surface area contributed by atoms with Crippen molar-refractivity contribution in [3.05, 3.63) is 58.0 Å². The van der Waals surface area contributed by atoms with E-state index in [1.807, 2.05) is 0 Å². The maximum Gasteiger partial charge on any atom is 0.289 e. The van der Waals surface area contributed by atoms with Crippen LogP contribution in [0.2, 0.25) is 0 Å². The zero-order valence-electron chi connectivity index (χ0n) is 11.5. The summed E-state index contributed by atoms with van der Waals surface area (Å²) in [6.45, 7) is 1.53. The topological polar surface area (TPSA) is 93.7 Å². The SMILES string of the molecule is Cc1cccc([N+](=O)[O-])c1S(=O)(=O)N(C)Cc1ccco1. The number of nitro benzene ring substituents is 1. The van der Waals surface area contributed by atoms with Crippen LogP contribution >= 0.6 is 0 Å². The molecule has 0 saturated heterocycles. The number of hydrogen-bond donors (Lipinski definition) is 0. The first kappa shape index (κ1) is 15.2. The molecule has 21 heavy (non-hydrogen) atoms. The van der Waals surface area contributed by atoms with Crippen molar-refractivity contribution < 1.29 is 17.8 Å². The highest BCUT2D eigenvalue weighted by atomic mass is 32.2. The molecule has 0 aliphatic heterocycles. The van der Waals surface area contributed by atoms with Crippen LogP contribution in [0.15, 0.2) is 45.9 Å². The average Bonchev–Trinajstić information content (AvgIpc) is 2.90. The van der Waals surface area contributed by atoms with E-state index in [0.29, 0.717) is 11.3 Å². The lowest BCUT2D eigenvalue weighted by molar-refractivity contribution is -0.387. The van der Waals surface area contributed by atoms with E-state index in [0.717, 1.165) is 4.31 Å². The second kappa shape index (κ2) is 5.66. The van der Waals surface area contributed by atoms with Gasteiger partial charge in [0, 0.05) is 13.1 Å². The lowest BCUT2D eigenvalue weighted by Gasteiger charge is -2.17. The van der Waals surface area contributed by atoms with Crippen LogP contribution in [0, 0.1) is 17.0 Å². The summed E-state index contributed by atoms with van der Waals surface area (Å²) in [4.78, 5) is 10.1. The van der Waals surface area contributed by atoms with Gasteiger partial charge in [-0.1, -0.05) is 12.1 Å². The molecule has 1 aromatic heterocycles. The molecule has 0 saturated carbocycles. The van der Waals surface area contributed by atoms with E-state index in [-0.39, 0.29) is 11.4 Å². The molecule has 0 fully saturated rings. The Hall–Kier alpha value is -2.19. The van der Waals surface area contributed by atoms with Crippen molar-refractivity contribution in [2.45, 2.75) is 18.4 Å². The maximum absolute atomic E-state index is 12.6. The predicted molar refractivity (Wildman–Crippen MR) is 75.2 cm³/mol. The molecule has 0 unspecified atom stereocenters. The van der Waals surface area contributed by atoms with Gasteiger partial charge in [0.1, 0.15) is 5.76 Å². The number of rotatable bonds is 5.